The second-order valence-corrected chi connectivity index (χ2v) is 9.34. The van der Waals surface area contributed by atoms with Crippen LogP contribution in [0, 0.1) is 6.92 Å². The fourth-order valence-corrected chi connectivity index (χ4v) is 4.43. The lowest BCUT2D eigenvalue weighted by Crippen LogP contribution is -2.54. The number of barbiturate groups is 1. The summed E-state index contributed by atoms with van der Waals surface area (Å²) < 4.78 is 11.6. The van der Waals surface area contributed by atoms with Crippen molar-refractivity contribution >= 4 is 64.4 Å². The first-order chi connectivity index (χ1) is 17.7. The monoisotopic (exact) mass is 558 g/mol. The van der Waals surface area contributed by atoms with Crippen molar-refractivity contribution in [2.75, 3.05) is 11.5 Å². The van der Waals surface area contributed by atoms with E-state index < -0.39 is 17.8 Å². The van der Waals surface area contributed by atoms with E-state index in [0.29, 0.717) is 39.2 Å². The van der Waals surface area contributed by atoms with Gasteiger partial charge < -0.3 is 9.47 Å². The van der Waals surface area contributed by atoms with Crippen LogP contribution in [0.25, 0.3) is 6.08 Å². The zero-order chi connectivity index (χ0) is 26.7. The van der Waals surface area contributed by atoms with Gasteiger partial charge in [-0.1, -0.05) is 53.0 Å². The molecule has 1 fully saturated rings. The quantitative estimate of drug-likeness (QED) is 0.260. The maximum atomic E-state index is 13.2. The van der Waals surface area contributed by atoms with Crippen LogP contribution in [0.1, 0.15) is 23.6 Å². The molecule has 0 spiro atoms. The van der Waals surface area contributed by atoms with Crippen molar-refractivity contribution in [1.29, 1.82) is 0 Å². The molecule has 10 heteroatoms. The summed E-state index contributed by atoms with van der Waals surface area (Å²) in [6.07, 6.45) is 1.35. The number of urea groups is 1. The van der Waals surface area contributed by atoms with Crippen LogP contribution < -0.4 is 19.7 Å². The van der Waals surface area contributed by atoms with Crippen molar-refractivity contribution in [2.24, 2.45) is 0 Å². The van der Waals surface area contributed by atoms with Crippen LogP contribution in [0.5, 0.6) is 11.5 Å². The number of benzene rings is 3. The highest BCUT2D eigenvalue weighted by Gasteiger charge is 2.37. The van der Waals surface area contributed by atoms with Gasteiger partial charge in [-0.2, -0.15) is 0 Å². The number of imide groups is 2. The number of ether oxygens (including phenoxy) is 2. The molecule has 1 N–H and O–H groups in total. The fraction of sp³-hybridized carbons (Fsp3) is 0.148. The predicted molar refractivity (Wildman–Crippen MR) is 144 cm³/mol. The molecule has 1 aliphatic heterocycles. The van der Waals surface area contributed by atoms with E-state index in [9.17, 15) is 14.4 Å². The number of nitrogens with one attached hydrogen (secondary N) is 1. The first kappa shape index (κ1) is 26.5. The number of amides is 4. The summed E-state index contributed by atoms with van der Waals surface area (Å²) in [5.74, 6) is -0.994. The summed E-state index contributed by atoms with van der Waals surface area (Å²) in [6.45, 7) is 4.04. The summed E-state index contributed by atoms with van der Waals surface area (Å²) in [7, 11) is 0. The maximum absolute atomic E-state index is 13.2. The van der Waals surface area contributed by atoms with Gasteiger partial charge in [0.05, 0.1) is 17.3 Å². The van der Waals surface area contributed by atoms with E-state index in [1.54, 1.807) is 49.4 Å². The molecule has 190 valence electrons. The Kier molecular flexibility index (Phi) is 8.07. The van der Waals surface area contributed by atoms with Crippen LogP contribution in [-0.4, -0.2) is 24.5 Å². The van der Waals surface area contributed by atoms with Gasteiger partial charge in [0.1, 0.15) is 12.2 Å². The van der Waals surface area contributed by atoms with Gasteiger partial charge in [-0.05, 0) is 67.4 Å². The highest BCUT2D eigenvalue weighted by molar-refractivity contribution is 6.39. The number of halogens is 3. The molecule has 4 amide bonds. The third kappa shape index (κ3) is 5.91. The SMILES string of the molecule is CCOc1cc(/C=C2\C(=O)NC(=O)N(c3cccc(C)c3)C2=O)cc(Cl)c1OCc1ccc(Cl)cc1Cl. The number of nitrogens with zero attached hydrogens (tertiary/aromatic N) is 1. The second-order valence-electron chi connectivity index (χ2n) is 8.08. The Balaban J connectivity index is 1.66. The Morgan fingerprint density at radius 1 is 0.946 bits per heavy atom. The summed E-state index contributed by atoms with van der Waals surface area (Å²) in [4.78, 5) is 39.2. The summed E-state index contributed by atoms with van der Waals surface area (Å²) in [6, 6.07) is 14.2. The number of anilines is 1. The lowest BCUT2D eigenvalue weighted by Gasteiger charge is -2.26. The van der Waals surface area contributed by atoms with E-state index in [2.05, 4.69) is 5.32 Å². The largest absolute Gasteiger partial charge is 0.490 e. The average molecular weight is 560 g/mol. The van der Waals surface area contributed by atoms with E-state index in [1.807, 2.05) is 13.0 Å². The average Bonchev–Trinajstić information content (AvgIpc) is 2.82. The number of hydrogen-bond donors (Lipinski definition) is 1. The van der Waals surface area contributed by atoms with Crippen molar-refractivity contribution in [3.8, 4) is 11.5 Å². The number of rotatable bonds is 7. The lowest BCUT2D eigenvalue weighted by atomic mass is 10.1. The molecular weight excluding hydrogens is 539 g/mol. The van der Waals surface area contributed by atoms with Crippen LogP contribution >= 0.6 is 34.8 Å². The Labute approximate surface area is 228 Å². The van der Waals surface area contributed by atoms with Crippen LogP contribution in [0.3, 0.4) is 0 Å². The van der Waals surface area contributed by atoms with Gasteiger partial charge in [0.25, 0.3) is 11.8 Å². The molecule has 0 aliphatic carbocycles. The van der Waals surface area contributed by atoms with Gasteiger partial charge in [-0.15, -0.1) is 0 Å². The van der Waals surface area contributed by atoms with Gasteiger partial charge in [-0.25, -0.2) is 9.69 Å². The smallest absolute Gasteiger partial charge is 0.335 e. The standard InChI is InChI=1S/C27H21Cl3N2O5/c1-3-36-23-12-16(11-22(30)24(23)37-14-17-7-8-18(28)13-21(17)29)10-20-25(33)31-27(35)32(26(20)34)19-6-4-5-15(2)9-19/h4-13H,3,14H2,1-2H3,(H,31,33,35)/b20-10+. The molecule has 7 nitrogen and oxygen atoms in total. The molecule has 0 saturated carbocycles. The van der Waals surface area contributed by atoms with Crippen molar-refractivity contribution in [3.05, 3.63) is 91.9 Å². The number of hydrogen-bond acceptors (Lipinski definition) is 5. The predicted octanol–water partition coefficient (Wildman–Crippen LogP) is 6.60. The molecule has 1 aliphatic rings. The summed E-state index contributed by atoms with van der Waals surface area (Å²) in [5, 5.41) is 3.35. The highest BCUT2D eigenvalue weighted by Crippen LogP contribution is 2.38. The minimum absolute atomic E-state index is 0.102. The Morgan fingerprint density at radius 2 is 1.73 bits per heavy atom. The van der Waals surface area contributed by atoms with Crippen molar-refractivity contribution < 1.29 is 23.9 Å². The van der Waals surface area contributed by atoms with E-state index >= 15 is 0 Å². The molecule has 0 radical (unpaired) electrons. The van der Waals surface area contributed by atoms with E-state index in [0.717, 1.165) is 10.5 Å². The normalized spacial score (nSPS) is 14.7. The molecule has 0 bridgehead atoms. The van der Waals surface area contributed by atoms with Gasteiger partial charge in [0, 0.05) is 15.6 Å². The van der Waals surface area contributed by atoms with Gasteiger partial charge in [0.15, 0.2) is 11.5 Å². The van der Waals surface area contributed by atoms with Crippen molar-refractivity contribution in [3.63, 3.8) is 0 Å². The topological polar surface area (TPSA) is 84.9 Å². The molecular formula is C27H21Cl3N2O5. The van der Waals surface area contributed by atoms with Crippen LogP contribution in [0.2, 0.25) is 15.1 Å². The molecule has 3 aromatic rings. The molecule has 0 atom stereocenters. The van der Waals surface area contributed by atoms with Crippen LogP contribution in [0.4, 0.5) is 10.5 Å². The lowest BCUT2D eigenvalue weighted by molar-refractivity contribution is -0.122. The van der Waals surface area contributed by atoms with Crippen LogP contribution in [0.15, 0.2) is 60.2 Å². The third-order valence-corrected chi connectivity index (χ3v) is 6.26. The van der Waals surface area contributed by atoms with Gasteiger partial charge >= 0.3 is 6.03 Å². The number of aryl methyl sites for hydroxylation is 1. The maximum Gasteiger partial charge on any atom is 0.335 e. The Morgan fingerprint density at radius 3 is 2.43 bits per heavy atom. The van der Waals surface area contributed by atoms with E-state index in [1.165, 1.54) is 12.1 Å². The Bertz CT molecular complexity index is 1440. The number of carbonyl (C=O) groups is 3. The number of carbonyl (C=O) groups excluding carboxylic acids is 3. The van der Waals surface area contributed by atoms with Crippen LogP contribution in [-0.2, 0) is 16.2 Å². The van der Waals surface area contributed by atoms with E-state index in [-0.39, 0.29) is 23.0 Å². The van der Waals surface area contributed by atoms with Gasteiger partial charge in [-0.3, -0.25) is 14.9 Å². The molecule has 4 rings (SSSR count). The molecule has 37 heavy (non-hydrogen) atoms. The van der Waals surface area contributed by atoms with Gasteiger partial charge in [0.2, 0.25) is 0 Å². The fourth-order valence-electron chi connectivity index (χ4n) is 3.69. The first-order valence-electron chi connectivity index (χ1n) is 11.2. The minimum atomic E-state index is -0.824. The molecule has 0 unspecified atom stereocenters. The zero-order valence-electron chi connectivity index (χ0n) is 19.8. The molecule has 1 heterocycles. The first-order valence-corrected chi connectivity index (χ1v) is 12.3. The van der Waals surface area contributed by atoms with E-state index in [4.69, 9.17) is 44.3 Å². The second kappa shape index (κ2) is 11.3. The zero-order valence-corrected chi connectivity index (χ0v) is 22.1. The van der Waals surface area contributed by atoms with Crippen molar-refractivity contribution in [2.45, 2.75) is 20.5 Å². The Hall–Kier alpha value is -3.52. The molecule has 0 aromatic heterocycles. The third-order valence-electron chi connectivity index (χ3n) is 5.39. The van der Waals surface area contributed by atoms with Crippen molar-refractivity contribution in [1.82, 2.24) is 5.32 Å². The molecule has 3 aromatic carbocycles. The summed E-state index contributed by atoms with van der Waals surface area (Å²) in [5.41, 5.74) is 2.06. The summed E-state index contributed by atoms with van der Waals surface area (Å²) >= 11 is 18.7. The highest BCUT2D eigenvalue weighted by atomic mass is 35.5. The molecule has 1 saturated heterocycles. The minimum Gasteiger partial charge on any atom is -0.490 e.